The first-order chi connectivity index (χ1) is 11.6. The number of nitrogens with zero attached hydrogens (tertiary/aromatic N) is 1. The number of hydrogen-bond acceptors (Lipinski definition) is 4. The molecule has 0 bridgehead atoms. The molecule has 3 rings (SSSR count). The Labute approximate surface area is 146 Å². The standard InChI is InChI=1S/C19H21NO3S/c1-13(21)14-7-8-17(23-2)15(11-14)12-19(22)20-9-3-5-16(20)18-6-4-10-24-18/h4,6-8,10-11,16H,3,5,9,12H2,1-2H3/t16-/m1/s1. The van der Waals surface area contributed by atoms with E-state index in [1.165, 1.54) is 11.8 Å². The summed E-state index contributed by atoms with van der Waals surface area (Å²) in [5.74, 6) is 0.731. The number of likely N-dealkylation sites (tertiary alicyclic amines) is 1. The zero-order valence-electron chi connectivity index (χ0n) is 14.0. The fraction of sp³-hybridized carbons (Fsp3) is 0.368. The van der Waals surface area contributed by atoms with Crippen molar-refractivity contribution in [1.29, 1.82) is 0 Å². The number of benzene rings is 1. The molecule has 4 nitrogen and oxygen atoms in total. The summed E-state index contributed by atoms with van der Waals surface area (Å²) >= 11 is 1.70. The molecule has 0 spiro atoms. The predicted molar refractivity (Wildman–Crippen MR) is 94.7 cm³/mol. The third-order valence-corrected chi connectivity index (χ3v) is 5.45. The smallest absolute Gasteiger partial charge is 0.227 e. The molecule has 1 amide bonds. The quantitative estimate of drug-likeness (QED) is 0.774. The van der Waals surface area contributed by atoms with Crippen molar-refractivity contribution in [2.45, 2.75) is 32.2 Å². The zero-order valence-corrected chi connectivity index (χ0v) is 14.8. The minimum atomic E-state index is -0.0102. The molecular weight excluding hydrogens is 322 g/mol. The molecule has 1 aromatic heterocycles. The van der Waals surface area contributed by atoms with Crippen LogP contribution in [0, 0.1) is 0 Å². The van der Waals surface area contributed by atoms with Crippen LogP contribution < -0.4 is 4.74 Å². The fourth-order valence-corrected chi connectivity index (χ4v) is 4.12. The molecule has 1 aliphatic heterocycles. The van der Waals surface area contributed by atoms with Crippen molar-refractivity contribution in [3.05, 3.63) is 51.7 Å². The predicted octanol–water partition coefficient (Wildman–Crippen LogP) is 3.87. The van der Waals surface area contributed by atoms with Gasteiger partial charge in [0.15, 0.2) is 5.78 Å². The lowest BCUT2D eigenvalue weighted by Crippen LogP contribution is -2.31. The Balaban J connectivity index is 1.81. The molecular formula is C19H21NO3S. The zero-order chi connectivity index (χ0) is 17.1. The maximum Gasteiger partial charge on any atom is 0.227 e. The Morgan fingerprint density at radius 3 is 2.83 bits per heavy atom. The number of carbonyl (C=O) groups excluding carboxylic acids is 2. The molecule has 1 saturated heterocycles. The van der Waals surface area contributed by atoms with E-state index in [-0.39, 0.29) is 24.2 Å². The van der Waals surface area contributed by atoms with Crippen molar-refractivity contribution in [2.24, 2.45) is 0 Å². The third kappa shape index (κ3) is 3.36. The van der Waals surface area contributed by atoms with Gasteiger partial charge in [0.25, 0.3) is 0 Å². The molecule has 1 aromatic carbocycles. The van der Waals surface area contributed by atoms with Gasteiger partial charge >= 0.3 is 0 Å². The lowest BCUT2D eigenvalue weighted by molar-refractivity contribution is -0.131. The average Bonchev–Trinajstić information content (AvgIpc) is 3.25. The second-order valence-electron chi connectivity index (χ2n) is 6.02. The van der Waals surface area contributed by atoms with E-state index in [9.17, 15) is 9.59 Å². The number of methoxy groups -OCH3 is 1. The molecule has 0 radical (unpaired) electrons. The molecule has 5 heteroatoms. The maximum absolute atomic E-state index is 12.9. The molecule has 0 unspecified atom stereocenters. The van der Waals surface area contributed by atoms with E-state index in [1.807, 2.05) is 11.0 Å². The second-order valence-corrected chi connectivity index (χ2v) is 7.00. The Bertz CT molecular complexity index is 739. The van der Waals surface area contributed by atoms with Crippen molar-refractivity contribution in [1.82, 2.24) is 4.90 Å². The number of ketones is 1. The van der Waals surface area contributed by atoms with Crippen LogP contribution in [0.3, 0.4) is 0 Å². The van der Waals surface area contributed by atoms with Gasteiger partial charge in [-0.3, -0.25) is 9.59 Å². The van der Waals surface area contributed by atoms with Gasteiger partial charge in [-0.25, -0.2) is 0 Å². The Morgan fingerprint density at radius 1 is 1.33 bits per heavy atom. The van der Waals surface area contributed by atoms with Crippen molar-refractivity contribution in [3.8, 4) is 5.75 Å². The van der Waals surface area contributed by atoms with E-state index in [0.29, 0.717) is 11.3 Å². The van der Waals surface area contributed by atoms with Gasteiger partial charge in [0.1, 0.15) is 5.75 Å². The van der Waals surface area contributed by atoms with E-state index in [4.69, 9.17) is 4.74 Å². The van der Waals surface area contributed by atoms with Crippen LogP contribution in [-0.2, 0) is 11.2 Å². The summed E-state index contributed by atoms with van der Waals surface area (Å²) in [4.78, 5) is 27.7. The maximum atomic E-state index is 12.9. The summed E-state index contributed by atoms with van der Waals surface area (Å²) in [5.41, 5.74) is 1.38. The van der Waals surface area contributed by atoms with Crippen LogP contribution in [-0.4, -0.2) is 30.2 Å². The van der Waals surface area contributed by atoms with Gasteiger partial charge in [0.2, 0.25) is 5.91 Å². The van der Waals surface area contributed by atoms with Gasteiger partial charge in [0.05, 0.1) is 19.6 Å². The minimum absolute atomic E-state index is 0.0102. The molecule has 0 aliphatic carbocycles. The van der Waals surface area contributed by atoms with Crippen molar-refractivity contribution in [3.63, 3.8) is 0 Å². The number of ether oxygens (including phenoxy) is 1. The van der Waals surface area contributed by atoms with Crippen LogP contribution in [0.15, 0.2) is 35.7 Å². The Morgan fingerprint density at radius 2 is 2.17 bits per heavy atom. The largest absolute Gasteiger partial charge is 0.496 e. The Hall–Kier alpha value is -2.14. The third-order valence-electron chi connectivity index (χ3n) is 4.47. The highest BCUT2D eigenvalue weighted by Gasteiger charge is 2.30. The molecule has 1 aliphatic rings. The summed E-state index contributed by atoms with van der Waals surface area (Å²) in [6, 6.07) is 9.58. The lowest BCUT2D eigenvalue weighted by atomic mass is 10.0. The van der Waals surface area contributed by atoms with E-state index >= 15 is 0 Å². The molecule has 0 saturated carbocycles. The number of amides is 1. The van der Waals surface area contributed by atoms with Crippen molar-refractivity contribution >= 4 is 23.0 Å². The number of rotatable bonds is 5. The van der Waals surface area contributed by atoms with Crippen molar-refractivity contribution < 1.29 is 14.3 Å². The number of Topliss-reactive ketones (excluding diaryl/α,β-unsaturated/α-hetero) is 1. The average molecular weight is 343 g/mol. The summed E-state index contributed by atoms with van der Waals surface area (Å²) in [6.07, 6.45) is 2.29. The molecule has 1 atom stereocenters. The van der Waals surface area contributed by atoms with Crippen LogP contribution in [0.2, 0.25) is 0 Å². The second kappa shape index (κ2) is 7.18. The fourth-order valence-electron chi connectivity index (χ4n) is 3.24. The van der Waals surface area contributed by atoms with Crippen LogP contribution in [0.1, 0.15) is 46.6 Å². The van der Waals surface area contributed by atoms with Gasteiger partial charge in [-0.15, -0.1) is 11.3 Å². The van der Waals surface area contributed by atoms with Crippen LogP contribution >= 0.6 is 11.3 Å². The normalized spacial score (nSPS) is 17.1. The first-order valence-electron chi connectivity index (χ1n) is 8.11. The first kappa shape index (κ1) is 16.7. The van der Waals surface area contributed by atoms with E-state index in [1.54, 1.807) is 36.6 Å². The lowest BCUT2D eigenvalue weighted by Gasteiger charge is -2.24. The first-order valence-corrected chi connectivity index (χ1v) is 8.99. The van der Waals surface area contributed by atoms with Gasteiger partial charge in [-0.05, 0) is 49.4 Å². The Kier molecular flexibility index (Phi) is 5.00. The van der Waals surface area contributed by atoms with E-state index in [2.05, 4.69) is 11.4 Å². The molecule has 24 heavy (non-hydrogen) atoms. The van der Waals surface area contributed by atoms with Gasteiger partial charge in [-0.1, -0.05) is 6.07 Å². The summed E-state index contributed by atoms with van der Waals surface area (Å²) in [7, 11) is 1.58. The van der Waals surface area contributed by atoms with Crippen LogP contribution in [0.25, 0.3) is 0 Å². The van der Waals surface area contributed by atoms with E-state index < -0.39 is 0 Å². The van der Waals surface area contributed by atoms with Gasteiger partial charge in [0, 0.05) is 22.5 Å². The van der Waals surface area contributed by atoms with Crippen LogP contribution in [0.5, 0.6) is 5.75 Å². The summed E-state index contributed by atoms with van der Waals surface area (Å²) in [6.45, 7) is 2.32. The molecule has 126 valence electrons. The monoisotopic (exact) mass is 343 g/mol. The highest BCUT2D eigenvalue weighted by Crippen LogP contribution is 2.35. The number of hydrogen-bond donors (Lipinski definition) is 0. The molecule has 2 aromatic rings. The number of carbonyl (C=O) groups is 2. The van der Waals surface area contributed by atoms with Gasteiger partial charge in [-0.2, -0.15) is 0 Å². The van der Waals surface area contributed by atoms with Crippen molar-refractivity contribution in [2.75, 3.05) is 13.7 Å². The molecule has 0 N–H and O–H groups in total. The SMILES string of the molecule is COc1ccc(C(C)=O)cc1CC(=O)N1CCC[C@@H]1c1cccs1. The summed E-state index contributed by atoms with van der Waals surface area (Å²) in [5, 5.41) is 2.05. The molecule has 1 fully saturated rings. The topological polar surface area (TPSA) is 46.6 Å². The van der Waals surface area contributed by atoms with E-state index in [0.717, 1.165) is 24.9 Å². The summed E-state index contributed by atoms with van der Waals surface area (Å²) < 4.78 is 5.36. The van der Waals surface area contributed by atoms with Gasteiger partial charge < -0.3 is 9.64 Å². The highest BCUT2D eigenvalue weighted by molar-refractivity contribution is 7.10. The number of thiophene rings is 1. The highest BCUT2D eigenvalue weighted by atomic mass is 32.1. The van der Waals surface area contributed by atoms with Crippen LogP contribution in [0.4, 0.5) is 0 Å². The molecule has 2 heterocycles. The minimum Gasteiger partial charge on any atom is -0.496 e.